The summed E-state index contributed by atoms with van der Waals surface area (Å²) in [5.41, 5.74) is 0.937. The number of unbranched alkanes of at least 4 members (excludes halogenated alkanes) is 3. The number of nitro benzene ring substituents is 1. The molecule has 0 radical (unpaired) electrons. The zero-order valence-corrected chi connectivity index (χ0v) is 13.3. The highest BCUT2D eigenvalue weighted by molar-refractivity contribution is 7.98. The van der Waals surface area contributed by atoms with Crippen LogP contribution in [0.1, 0.15) is 31.2 Å². The topological polar surface area (TPSA) is 55.2 Å². The zero-order chi connectivity index (χ0) is 14.8. The largest absolute Gasteiger partial charge is 0.313 e. The summed E-state index contributed by atoms with van der Waals surface area (Å²) in [6.45, 7) is 1.61. The summed E-state index contributed by atoms with van der Waals surface area (Å²) in [6.07, 6.45) is 7.09. The fourth-order valence-corrected chi connectivity index (χ4v) is 2.60. The first-order valence-electron chi connectivity index (χ1n) is 6.77. The van der Waals surface area contributed by atoms with E-state index in [2.05, 4.69) is 11.6 Å². The van der Waals surface area contributed by atoms with Crippen molar-refractivity contribution in [2.75, 3.05) is 18.6 Å². The highest BCUT2D eigenvalue weighted by atomic mass is 35.5. The molecule has 4 nitrogen and oxygen atoms in total. The Kier molecular flexibility index (Phi) is 8.65. The Balaban J connectivity index is 2.20. The second kappa shape index (κ2) is 10.0. The van der Waals surface area contributed by atoms with Gasteiger partial charge in [-0.15, -0.1) is 0 Å². The van der Waals surface area contributed by atoms with E-state index in [1.54, 1.807) is 6.07 Å². The molecule has 0 atom stereocenters. The maximum atomic E-state index is 10.6. The highest BCUT2D eigenvalue weighted by Crippen LogP contribution is 2.22. The molecule has 112 valence electrons. The van der Waals surface area contributed by atoms with Gasteiger partial charge >= 0.3 is 0 Å². The monoisotopic (exact) mass is 316 g/mol. The van der Waals surface area contributed by atoms with Gasteiger partial charge in [-0.1, -0.05) is 24.4 Å². The number of hydrogen-bond acceptors (Lipinski definition) is 4. The van der Waals surface area contributed by atoms with Crippen molar-refractivity contribution in [1.82, 2.24) is 5.32 Å². The van der Waals surface area contributed by atoms with E-state index in [1.165, 1.54) is 37.1 Å². The smallest absolute Gasteiger partial charge is 0.270 e. The number of benzene rings is 1. The zero-order valence-electron chi connectivity index (χ0n) is 11.7. The molecular weight excluding hydrogens is 296 g/mol. The summed E-state index contributed by atoms with van der Waals surface area (Å²) in [5.74, 6) is 1.24. The first-order chi connectivity index (χ1) is 9.65. The lowest BCUT2D eigenvalue weighted by Crippen LogP contribution is -2.15. The Morgan fingerprint density at radius 3 is 2.70 bits per heavy atom. The molecule has 1 N–H and O–H groups in total. The molecule has 0 aliphatic rings. The van der Waals surface area contributed by atoms with Crippen LogP contribution in [-0.2, 0) is 6.54 Å². The summed E-state index contributed by atoms with van der Waals surface area (Å²) in [4.78, 5) is 10.2. The van der Waals surface area contributed by atoms with Gasteiger partial charge in [0.25, 0.3) is 5.69 Å². The Morgan fingerprint density at radius 2 is 2.05 bits per heavy atom. The molecule has 1 aromatic carbocycles. The molecule has 0 aromatic heterocycles. The van der Waals surface area contributed by atoms with E-state index in [1.807, 2.05) is 11.8 Å². The predicted octanol–water partition coefficient (Wildman–Crippen LogP) is 4.26. The Hall–Kier alpha value is -0.780. The maximum absolute atomic E-state index is 10.6. The van der Waals surface area contributed by atoms with Gasteiger partial charge in [-0.05, 0) is 43.0 Å². The predicted molar refractivity (Wildman–Crippen MR) is 86.7 cm³/mol. The van der Waals surface area contributed by atoms with Gasteiger partial charge in [0.2, 0.25) is 0 Å². The quantitative estimate of drug-likeness (QED) is 0.398. The molecule has 0 unspecified atom stereocenters. The number of nitrogens with one attached hydrogen (secondary N) is 1. The normalized spacial score (nSPS) is 10.7. The lowest BCUT2D eigenvalue weighted by molar-refractivity contribution is -0.384. The minimum atomic E-state index is -0.433. The standard InChI is InChI=1S/C14H21ClN2O2S/c1-20-9-5-3-2-4-8-16-11-12-6-7-13(17(18)19)10-14(12)15/h6-7,10,16H,2-5,8-9,11H2,1H3. The third-order valence-corrected chi connectivity index (χ3v) is 4.06. The van der Waals surface area contributed by atoms with E-state index in [4.69, 9.17) is 11.6 Å². The molecule has 0 spiro atoms. The molecule has 0 saturated heterocycles. The van der Waals surface area contributed by atoms with Crippen LogP contribution in [0.3, 0.4) is 0 Å². The van der Waals surface area contributed by atoms with E-state index in [0.717, 1.165) is 18.5 Å². The van der Waals surface area contributed by atoms with Crippen LogP contribution in [0.25, 0.3) is 0 Å². The number of nitrogens with zero attached hydrogens (tertiary/aromatic N) is 1. The van der Waals surface area contributed by atoms with Gasteiger partial charge in [0.1, 0.15) is 0 Å². The van der Waals surface area contributed by atoms with E-state index >= 15 is 0 Å². The third kappa shape index (κ3) is 6.59. The number of non-ortho nitro benzene ring substituents is 1. The summed E-state index contributed by atoms with van der Waals surface area (Å²) in [7, 11) is 0. The van der Waals surface area contributed by atoms with Crippen LogP contribution in [0.5, 0.6) is 0 Å². The summed E-state index contributed by atoms with van der Waals surface area (Å²) < 4.78 is 0. The molecular formula is C14H21ClN2O2S. The van der Waals surface area contributed by atoms with Crippen molar-refractivity contribution in [2.45, 2.75) is 32.2 Å². The van der Waals surface area contributed by atoms with Gasteiger partial charge in [0.15, 0.2) is 0 Å². The third-order valence-electron chi connectivity index (χ3n) is 3.01. The first-order valence-corrected chi connectivity index (χ1v) is 8.55. The van der Waals surface area contributed by atoms with Gasteiger partial charge in [-0.3, -0.25) is 10.1 Å². The number of halogens is 1. The molecule has 6 heteroatoms. The van der Waals surface area contributed by atoms with Crippen molar-refractivity contribution >= 4 is 29.1 Å². The van der Waals surface area contributed by atoms with Crippen LogP contribution in [-0.4, -0.2) is 23.5 Å². The SMILES string of the molecule is CSCCCCCCNCc1ccc([N+](=O)[O-])cc1Cl. The highest BCUT2D eigenvalue weighted by Gasteiger charge is 2.08. The lowest BCUT2D eigenvalue weighted by Gasteiger charge is -2.06. The van der Waals surface area contributed by atoms with Gasteiger partial charge < -0.3 is 5.32 Å². The Labute approximate surface area is 129 Å². The number of thioether (sulfide) groups is 1. The molecule has 0 saturated carbocycles. The average Bonchev–Trinajstić information content (AvgIpc) is 2.43. The molecule has 0 bridgehead atoms. The first kappa shape index (κ1) is 17.3. The number of nitro groups is 1. The Morgan fingerprint density at radius 1 is 1.30 bits per heavy atom. The van der Waals surface area contributed by atoms with Gasteiger partial charge in [0, 0.05) is 18.7 Å². The van der Waals surface area contributed by atoms with E-state index in [0.29, 0.717) is 11.6 Å². The van der Waals surface area contributed by atoms with Crippen molar-refractivity contribution in [3.05, 3.63) is 38.9 Å². The number of hydrogen-bond donors (Lipinski definition) is 1. The molecule has 0 heterocycles. The van der Waals surface area contributed by atoms with E-state index in [-0.39, 0.29) is 5.69 Å². The van der Waals surface area contributed by atoms with Crippen LogP contribution < -0.4 is 5.32 Å². The fraction of sp³-hybridized carbons (Fsp3) is 0.571. The molecule has 1 aromatic rings. The van der Waals surface area contributed by atoms with Crippen LogP contribution in [0, 0.1) is 10.1 Å². The molecule has 0 aliphatic carbocycles. The Bertz CT molecular complexity index is 430. The second-order valence-electron chi connectivity index (χ2n) is 4.62. The molecule has 0 fully saturated rings. The van der Waals surface area contributed by atoms with Crippen LogP contribution in [0.15, 0.2) is 18.2 Å². The minimum Gasteiger partial charge on any atom is -0.313 e. The van der Waals surface area contributed by atoms with E-state index < -0.39 is 4.92 Å². The molecule has 1 rings (SSSR count). The fourth-order valence-electron chi connectivity index (χ4n) is 1.87. The second-order valence-corrected chi connectivity index (χ2v) is 6.01. The van der Waals surface area contributed by atoms with Gasteiger partial charge in [0.05, 0.1) is 9.95 Å². The maximum Gasteiger partial charge on any atom is 0.270 e. The van der Waals surface area contributed by atoms with Crippen LogP contribution in [0.2, 0.25) is 5.02 Å². The van der Waals surface area contributed by atoms with E-state index in [9.17, 15) is 10.1 Å². The summed E-state index contributed by atoms with van der Waals surface area (Å²) in [6, 6.07) is 4.61. The average molecular weight is 317 g/mol. The van der Waals surface area contributed by atoms with Crippen molar-refractivity contribution < 1.29 is 4.92 Å². The molecule has 0 amide bonds. The van der Waals surface area contributed by atoms with Crippen molar-refractivity contribution in [3.8, 4) is 0 Å². The van der Waals surface area contributed by atoms with Crippen LogP contribution in [0.4, 0.5) is 5.69 Å². The van der Waals surface area contributed by atoms with Crippen molar-refractivity contribution in [2.24, 2.45) is 0 Å². The minimum absolute atomic E-state index is 0.0348. The summed E-state index contributed by atoms with van der Waals surface area (Å²) >= 11 is 7.92. The molecule has 0 aliphatic heterocycles. The lowest BCUT2D eigenvalue weighted by atomic mass is 10.2. The number of rotatable bonds is 10. The van der Waals surface area contributed by atoms with Crippen LogP contribution >= 0.6 is 23.4 Å². The van der Waals surface area contributed by atoms with Crippen molar-refractivity contribution in [1.29, 1.82) is 0 Å². The van der Waals surface area contributed by atoms with Gasteiger partial charge in [-0.2, -0.15) is 11.8 Å². The van der Waals surface area contributed by atoms with Gasteiger partial charge in [-0.25, -0.2) is 0 Å². The summed E-state index contributed by atoms with van der Waals surface area (Å²) in [5, 5.41) is 14.4. The van der Waals surface area contributed by atoms with Crippen molar-refractivity contribution in [3.63, 3.8) is 0 Å². The molecule has 20 heavy (non-hydrogen) atoms.